The molecule has 1 aliphatic heterocycles. The molecule has 1 amide bonds. The Bertz CT molecular complexity index is 842. The van der Waals surface area contributed by atoms with Gasteiger partial charge in [0.05, 0.1) is 5.02 Å². The molecule has 1 saturated carbocycles. The minimum atomic E-state index is -0.133. The van der Waals surface area contributed by atoms with Crippen molar-refractivity contribution in [1.82, 2.24) is 15.4 Å². The highest BCUT2D eigenvalue weighted by atomic mass is 35.5. The van der Waals surface area contributed by atoms with Gasteiger partial charge < -0.3 is 9.84 Å². The lowest BCUT2D eigenvalue weighted by Crippen LogP contribution is -2.56. The SMILES string of the molecule is Cc1onc(-c2ccccc2Cl)c1C(=O)NCC1(N2CCSCC2)CCCC1. The summed E-state index contributed by atoms with van der Waals surface area (Å²) in [7, 11) is 0. The zero-order chi connectivity index (χ0) is 19.6. The molecule has 7 heteroatoms. The number of rotatable bonds is 5. The molecular formula is C21H26ClN3O2S. The van der Waals surface area contributed by atoms with E-state index in [2.05, 4.69) is 15.4 Å². The van der Waals surface area contributed by atoms with Crippen LogP contribution in [0, 0.1) is 6.92 Å². The van der Waals surface area contributed by atoms with Crippen LogP contribution in [-0.2, 0) is 0 Å². The van der Waals surface area contributed by atoms with Crippen molar-refractivity contribution in [3.8, 4) is 11.3 Å². The van der Waals surface area contributed by atoms with Gasteiger partial charge in [-0.1, -0.05) is 47.8 Å². The van der Waals surface area contributed by atoms with Crippen LogP contribution >= 0.6 is 23.4 Å². The highest BCUT2D eigenvalue weighted by Gasteiger charge is 2.40. The summed E-state index contributed by atoms with van der Waals surface area (Å²) in [5.74, 6) is 2.74. The van der Waals surface area contributed by atoms with E-state index < -0.39 is 0 Å². The third-order valence-electron chi connectivity index (χ3n) is 6.01. The van der Waals surface area contributed by atoms with Crippen molar-refractivity contribution in [3.05, 3.63) is 40.6 Å². The molecule has 1 aliphatic carbocycles. The van der Waals surface area contributed by atoms with Crippen LogP contribution in [0.5, 0.6) is 0 Å². The summed E-state index contributed by atoms with van der Waals surface area (Å²) in [6, 6.07) is 7.40. The summed E-state index contributed by atoms with van der Waals surface area (Å²) in [6.45, 7) is 4.66. The standard InChI is InChI=1S/C21H26ClN3O2S/c1-15-18(19(24-27-15)16-6-2-3-7-17(16)22)20(26)23-14-21(8-4-5-9-21)25-10-12-28-13-11-25/h2-3,6-7H,4-5,8-14H2,1H3,(H,23,26). The van der Waals surface area contributed by atoms with Gasteiger partial charge in [0.15, 0.2) is 0 Å². The van der Waals surface area contributed by atoms with E-state index >= 15 is 0 Å². The summed E-state index contributed by atoms with van der Waals surface area (Å²) < 4.78 is 5.36. The first-order valence-corrected chi connectivity index (χ1v) is 11.5. The summed E-state index contributed by atoms with van der Waals surface area (Å²) >= 11 is 8.35. The Balaban J connectivity index is 1.54. The molecule has 5 nitrogen and oxygen atoms in total. The van der Waals surface area contributed by atoms with Crippen LogP contribution in [0.3, 0.4) is 0 Å². The van der Waals surface area contributed by atoms with Gasteiger partial charge in [0, 0.05) is 42.2 Å². The van der Waals surface area contributed by atoms with Crippen LogP contribution in [-0.4, -0.2) is 52.6 Å². The van der Waals surface area contributed by atoms with Gasteiger partial charge in [-0.2, -0.15) is 11.8 Å². The Labute approximate surface area is 175 Å². The lowest BCUT2D eigenvalue weighted by Gasteiger charge is -2.43. The molecular weight excluding hydrogens is 394 g/mol. The first kappa shape index (κ1) is 19.8. The monoisotopic (exact) mass is 419 g/mol. The fourth-order valence-electron chi connectivity index (χ4n) is 4.49. The molecule has 2 aliphatic rings. The lowest BCUT2D eigenvalue weighted by atomic mass is 9.94. The number of nitrogens with one attached hydrogen (secondary N) is 1. The van der Waals surface area contributed by atoms with E-state index in [0.717, 1.165) is 31.5 Å². The Morgan fingerprint density at radius 2 is 2.00 bits per heavy atom. The summed E-state index contributed by atoms with van der Waals surface area (Å²) in [5, 5.41) is 7.88. The molecule has 0 spiro atoms. The van der Waals surface area contributed by atoms with Crippen molar-refractivity contribution in [2.24, 2.45) is 0 Å². The molecule has 4 rings (SSSR count). The molecule has 2 heterocycles. The van der Waals surface area contributed by atoms with Gasteiger partial charge in [0.2, 0.25) is 0 Å². The smallest absolute Gasteiger partial charge is 0.257 e. The molecule has 2 aromatic rings. The molecule has 150 valence electrons. The highest BCUT2D eigenvalue weighted by molar-refractivity contribution is 7.99. The van der Waals surface area contributed by atoms with Crippen LogP contribution in [0.4, 0.5) is 0 Å². The van der Waals surface area contributed by atoms with Crippen LogP contribution < -0.4 is 5.32 Å². The maximum absolute atomic E-state index is 13.1. The fourth-order valence-corrected chi connectivity index (χ4v) is 5.61. The Morgan fingerprint density at radius 1 is 1.29 bits per heavy atom. The summed E-state index contributed by atoms with van der Waals surface area (Å²) in [4.78, 5) is 15.7. The highest BCUT2D eigenvalue weighted by Crippen LogP contribution is 2.37. The van der Waals surface area contributed by atoms with Crippen molar-refractivity contribution >= 4 is 29.3 Å². The first-order chi connectivity index (χ1) is 13.6. The van der Waals surface area contributed by atoms with Crippen LogP contribution in [0.2, 0.25) is 5.02 Å². The zero-order valence-corrected chi connectivity index (χ0v) is 17.7. The number of hydrogen-bond acceptors (Lipinski definition) is 5. The largest absolute Gasteiger partial charge is 0.360 e. The molecule has 1 aromatic heterocycles. The second-order valence-corrected chi connectivity index (χ2v) is 9.29. The number of aryl methyl sites for hydroxylation is 1. The fraction of sp³-hybridized carbons (Fsp3) is 0.524. The van der Waals surface area contributed by atoms with Crippen molar-refractivity contribution in [2.45, 2.75) is 38.1 Å². The number of hydrogen-bond donors (Lipinski definition) is 1. The minimum absolute atomic E-state index is 0.0895. The average Bonchev–Trinajstić information content (AvgIpc) is 3.35. The van der Waals surface area contributed by atoms with Gasteiger partial charge >= 0.3 is 0 Å². The normalized spacial score (nSPS) is 19.6. The Morgan fingerprint density at radius 3 is 2.71 bits per heavy atom. The van der Waals surface area contributed by atoms with Crippen LogP contribution in [0.25, 0.3) is 11.3 Å². The van der Waals surface area contributed by atoms with Gasteiger partial charge in [-0.3, -0.25) is 9.69 Å². The van der Waals surface area contributed by atoms with E-state index in [9.17, 15) is 4.79 Å². The van der Waals surface area contributed by atoms with Gasteiger partial charge in [0.1, 0.15) is 17.0 Å². The molecule has 1 saturated heterocycles. The maximum atomic E-state index is 13.1. The minimum Gasteiger partial charge on any atom is -0.360 e. The van der Waals surface area contributed by atoms with E-state index in [1.807, 2.05) is 30.0 Å². The molecule has 1 N–H and O–H groups in total. The third kappa shape index (κ3) is 3.82. The second kappa shape index (κ2) is 8.47. The van der Waals surface area contributed by atoms with Crippen LogP contribution in [0.15, 0.2) is 28.8 Å². The Kier molecular flexibility index (Phi) is 5.99. The zero-order valence-electron chi connectivity index (χ0n) is 16.2. The molecule has 0 radical (unpaired) electrons. The quantitative estimate of drug-likeness (QED) is 0.778. The van der Waals surface area contributed by atoms with Crippen LogP contribution in [0.1, 0.15) is 41.8 Å². The van der Waals surface area contributed by atoms with Crippen molar-refractivity contribution in [3.63, 3.8) is 0 Å². The maximum Gasteiger partial charge on any atom is 0.257 e. The number of halogens is 1. The topological polar surface area (TPSA) is 58.4 Å². The number of aromatic nitrogens is 1. The van der Waals surface area contributed by atoms with Gasteiger partial charge in [0.25, 0.3) is 5.91 Å². The van der Waals surface area contributed by atoms with E-state index in [0.29, 0.717) is 28.6 Å². The van der Waals surface area contributed by atoms with Gasteiger partial charge in [-0.05, 0) is 25.8 Å². The summed E-state index contributed by atoms with van der Waals surface area (Å²) in [6.07, 6.45) is 4.77. The predicted molar refractivity (Wildman–Crippen MR) is 114 cm³/mol. The molecule has 2 fully saturated rings. The molecule has 0 bridgehead atoms. The van der Waals surface area contributed by atoms with Gasteiger partial charge in [-0.15, -0.1) is 0 Å². The number of thioether (sulfide) groups is 1. The van der Waals surface area contributed by atoms with Crippen molar-refractivity contribution in [2.75, 3.05) is 31.1 Å². The summed E-state index contributed by atoms with van der Waals surface area (Å²) in [5.41, 5.74) is 1.80. The predicted octanol–water partition coefficient (Wildman–Crippen LogP) is 4.39. The molecule has 1 aromatic carbocycles. The van der Waals surface area contributed by atoms with Crippen molar-refractivity contribution in [1.29, 1.82) is 0 Å². The van der Waals surface area contributed by atoms with E-state index in [4.69, 9.17) is 16.1 Å². The number of amides is 1. The molecule has 0 unspecified atom stereocenters. The average molecular weight is 420 g/mol. The van der Waals surface area contributed by atoms with E-state index in [1.54, 1.807) is 13.0 Å². The first-order valence-electron chi connectivity index (χ1n) is 9.93. The second-order valence-electron chi connectivity index (χ2n) is 7.66. The number of carbonyl (C=O) groups excluding carboxylic acids is 1. The number of carbonyl (C=O) groups is 1. The lowest BCUT2D eigenvalue weighted by molar-refractivity contribution is 0.0816. The third-order valence-corrected chi connectivity index (χ3v) is 7.29. The number of benzene rings is 1. The van der Waals surface area contributed by atoms with Crippen molar-refractivity contribution < 1.29 is 9.32 Å². The molecule has 28 heavy (non-hydrogen) atoms. The van der Waals surface area contributed by atoms with E-state index in [1.165, 1.54) is 24.3 Å². The molecule has 0 atom stereocenters. The van der Waals surface area contributed by atoms with E-state index in [-0.39, 0.29) is 11.4 Å². The Hall–Kier alpha value is -1.50. The number of nitrogens with zero attached hydrogens (tertiary/aromatic N) is 2. The van der Waals surface area contributed by atoms with Gasteiger partial charge in [-0.25, -0.2) is 0 Å².